The lowest BCUT2D eigenvalue weighted by Gasteiger charge is -2.02. The van der Waals surface area contributed by atoms with Crippen LogP contribution in [0, 0.1) is 5.21 Å². The van der Waals surface area contributed by atoms with Gasteiger partial charge in [-0.25, -0.2) is 0 Å². The Morgan fingerprint density at radius 2 is 1.10 bits per heavy atom. The van der Waals surface area contributed by atoms with E-state index in [0.717, 1.165) is 18.4 Å². The molecule has 0 bridgehead atoms. The fourth-order valence-corrected chi connectivity index (χ4v) is 2.48. The first-order chi connectivity index (χ1) is 9.91. The molecule has 0 radical (unpaired) electrons. The van der Waals surface area contributed by atoms with Crippen molar-refractivity contribution in [1.29, 1.82) is 0 Å². The van der Waals surface area contributed by atoms with Crippen LogP contribution in [0.1, 0.15) is 96.8 Å². The molecule has 0 unspecified atom stereocenters. The molecule has 0 fully saturated rings. The molecule has 0 aliphatic carbocycles. The largest absolute Gasteiger partial charge is 0.636 e. The first-order valence-electron chi connectivity index (χ1n) is 9.00. The topological polar surface area (TPSA) is 39.7 Å². The first-order valence-corrected chi connectivity index (χ1v) is 9.00. The van der Waals surface area contributed by atoms with Crippen LogP contribution in [-0.2, 0) is 0 Å². The monoisotopic (exact) mass is 283 g/mol. The van der Waals surface area contributed by atoms with Gasteiger partial charge < -0.3 is 10.7 Å². The number of quaternary nitrogens is 1. The van der Waals surface area contributed by atoms with Crippen molar-refractivity contribution in [2.75, 3.05) is 6.54 Å². The van der Waals surface area contributed by atoms with Crippen LogP contribution in [0.5, 0.6) is 0 Å². The Labute approximate surface area is 127 Å². The van der Waals surface area contributed by atoms with Gasteiger partial charge in [0.2, 0.25) is 0 Å². The van der Waals surface area contributed by atoms with E-state index in [9.17, 15) is 5.21 Å². The Hall–Kier alpha value is -0.340. The molecule has 0 amide bonds. The number of allylic oxidation sites excluding steroid dienone is 2. The summed E-state index contributed by atoms with van der Waals surface area (Å²) in [4.78, 5) is 0. The highest BCUT2D eigenvalue weighted by Crippen LogP contribution is 2.09. The molecular weight excluding hydrogens is 246 g/mol. The molecule has 0 saturated carbocycles. The molecule has 0 atom stereocenters. The summed E-state index contributed by atoms with van der Waals surface area (Å²) >= 11 is 0. The number of hydrogen-bond acceptors (Lipinski definition) is 1. The van der Waals surface area contributed by atoms with Crippen molar-refractivity contribution in [3.8, 4) is 0 Å². The van der Waals surface area contributed by atoms with Crippen LogP contribution >= 0.6 is 0 Å². The first kappa shape index (κ1) is 19.7. The summed E-state index contributed by atoms with van der Waals surface area (Å²) in [5.41, 5.74) is 1.04. The van der Waals surface area contributed by atoms with Crippen LogP contribution in [0.15, 0.2) is 12.2 Å². The zero-order valence-electron chi connectivity index (χ0n) is 13.7. The predicted molar refractivity (Wildman–Crippen MR) is 89.6 cm³/mol. The number of hydroxylamine groups is 1. The molecule has 0 aromatic carbocycles. The van der Waals surface area contributed by atoms with Gasteiger partial charge in [0.25, 0.3) is 0 Å². The van der Waals surface area contributed by atoms with Gasteiger partial charge in [-0.15, -0.1) is 0 Å². The molecule has 0 saturated heterocycles. The number of unbranched alkanes of at least 4 members (excludes halogenated alkanes) is 12. The average Bonchev–Trinajstić information content (AvgIpc) is 2.47. The van der Waals surface area contributed by atoms with Gasteiger partial charge in [0.1, 0.15) is 0 Å². The lowest BCUT2D eigenvalue weighted by atomic mass is 10.1. The van der Waals surface area contributed by atoms with Crippen LogP contribution in [0.2, 0.25) is 0 Å². The molecule has 0 spiro atoms. The van der Waals surface area contributed by atoms with Crippen molar-refractivity contribution in [2.45, 2.75) is 96.8 Å². The maximum Gasteiger partial charge on any atom is 0.0752 e. The van der Waals surface area contributed by atoms with E-state index in [1.54, 1.807) is 0 Å². The van der Waals surface area contributed by atoms with E-state index in [-0.39, 0.29) is 0 Å². The second-order valence-corrected chi connectivity index (χ2v) is 5.89. The average molecular weight is 283 g/mol. The predicted octanol–water partition coefficient (Wildman–Crippen LogP) is 5.09. The van der Waals surface area contributed by atoms with Gasteiger partial charge in [-0.3, -0.25) is 0 Å². The van der Waals surface area contributed by atoms with Crippen molar-refractivity contribution in [2.24, 2.45) is 0 Å². The quantitative estimate of drug-likeness (QED) is 0.239. The van der Waals surface area contributed by atoms with E-state index in [1.165, 1.54) is 83.5 Å². The van der Waals surface area contributed by atoms with Crippen LogP contribution < -0.4 is 5.48 Å². The van der Waals surface area contributed by atoms with Crippen LogP contribution in [0.3, 0.4) is 0 Å². The van der Waals surface area contributed by atoms with E-state index in [2.05, 4.69) is 19.1 Å². The highest BCUT2D eigenvalue weighted by molar-refractivity contribution is 4.81. The summed E-state index contributed by atoms with van der Waals surface area (Å²) in [6.45, 7) is 3.02. The lowest BCUT2D eigenvalue weighted by Crippen LogP contribution is -2.77. The Bertz CT molecular complexity index is 192. The van der Waals surface area contributed by atoms with Crippen LogP contribution in [-0.4, -0.2) is 6.54 Å². The normalized spacial score (nSPS) is 11.5. The van der Waals surface area contributed by atoms with Crippen molar-refractivity contribution in [3.63, 3.8) is 0 Å². The Morgan fingerprint density at radius 3 is 1.60 bits per heavy atom. The molecule has 2 nitrogen and oxygen atoms in total. The zero-order valence-corrected chi connectivity index (χ0v) is 13.7. The molecule has 2 heteroatoms. The standard InChI is InChI=1S/C18H37NO/c1-2-3-4-5-6-7-8-9-10-11-12-13-14-15-16-17-18-19-20/h9-10H,2-8,11-19H2,1H3/b10-9+. The maximum atomic E-state index is 10.1. The van der Waals surface area contributed by atoms with Gasteiger partial charge in [0.15, 0.2) is 0 Å². The van der Waals surface area contributed by atoms with Crippen molar-refractivity contribution >= 4 is 0 Å². The Balaban J connectivity index is 3.01. The van der Waals surface area contributed by atoms with Gasteiger partial charge in [0.05, 0.1) is 6.54 Å². The lowest BCUT2D eigenvalue weighted by molar-refractivity contribution is -0.589. The fourth-order valence-electron chi connectivity index (χ4n) is 2.48. The SMILES string of the molecule is CCCCCCCC/C=C/CCCCCCCC[NH2+][O-]. The summed E-state index contributed by atoms with van der Waals surface area (Å²) in [5, 5.41) is 10.1. The molecule has 0 aromatic heterocycles. The molecule has 0 aliphatic heterocycles. The third kappa shape index (κ3) is 17.7. The number of nitrogens with two attached hydrogens (primary N) is 1. The summed E-state index contributed by atoms with van der Waals surface area (Å²) < 4.78 is 0. The Kier molecular flexibility index (Phi) is 18.3. The molecular formula is C18H37NO. The van der Waals surface area contributed by atoms with Crippen molar-refractivity contribution < 1.29 is 5.48 Å². The smallest absolute Gasteiger partial charge is 0.0752 e. The van der Waals surface area contributed by atoms with Crippen LogP contribution in [0.25, 0.3) is 0 Å². The molecule has 0 aliphatic rings. The molecule has 2 N–H and O–H groups in total. The maximum absolute atomic E-state index is 10.1. The highest BCUT2D eigenvalue weighted by atomic mass is 16.5. The molecule has 120 valence electrons. The van der Waals surface area contributed by atoms with Gasteiger partial charge in [-0.2, -0.15) is 0 Å². The van der Waals surface area contributed by atoms with E-state index in [1.807, 2.05) is 0 Å². The van der Waals surface area contributed by atoms with Gasteiger partial charge in [0, 0.05) is 0 Å². The zero-order chi connectivity index (χ0) is 14.7. The van der Waals surface area contributed by atoms with E-state index >= 15 is 0 Å². The molecule has 0 aromatic rings. The minimum absolute atomic E-state index is 0.751. The second kappa shape index (κ2) is 18.7. The summed E-state index contributed by atoms with van der Waals surface area (Å²) in [5.74, 6) is 0. The van der Waals surface area contributed by atoms with Gasteiger partial charge in [-0.05, 0) is 38.5 Å². The highest BCUT2D eigenvalue weighted by Gasteiger charge is 1.91. The van der Waals surface area contributed by atoms with E-state index < -0.39 is 0 Å². The fraction of sp³-hybridized carbons (Fsp3) is 0.889. The van der Waals surface area contributed by atoms with Crippen LogP contribution in [0.4, 0.5) is 0 Å². The second-order valence-electron chi connectivity index (χ2n) is 5.89. The molecule has 20 heavy (non-hydrogen) atoms. The minimum Gasteiger partial charge on any atom is -0.636 e. The Morgan fingerprint density at radius 1 is 0.650 bits per heavy atom. The van der Waals surface area contributed by atoms with Gasteiger partial charge >= 0.3 is 0 Å². The summed E-state index contributed by atoms with van der Waals surface area (Å²) in [7, 11) is 0. The van der Waals surface area contributed by atoms with E-state index in [4.69, 9.17) is 0 Å². The third-order valence-corrected chi connectivity index (χ3v) is 3.83. The summed E-state index contributed by atoms with van der Waals surface area (Å²) in [6, 6.07) is 0. The van der Waals surface area contributed by atoms with Crippen molar-refractivity contribution in [3.05, 3.63) is 17.4 Å². The van der Waals surface area contributed by atoms with E-state index in [0.29, 0.717) is 0 Å². The minimum atomic E-state index is 0.751. The molecule has 0 rings (SSSR count). The number of hydrogen-bond donors (Lipinski definition) is 1. The number of rotatable bonds is 16. The summed E-state index contributed by atoms with van der Waals surface area (Å²) in [6.07, 6.45) is 23.3. The van der Waals surface area contributed by atoms with Gasteiger partial charge in [-0.1, -0.05) is 70.4 Å². The molecule has 0 heterocycles. The van der Waals surface area contributed by atoms with Crippen molar-refractivity contribution in [1.82, 2.24) is 0 Å². The third-order valence-electron chi connectivity index (χ3n) is 3.83.